The highest BCUT2D eigenvalue weighted by Gasteiger charge is 2.47. The van der Waals surface area contributed by atoms with Gasteiger partial charge in [-0.2, -0.15) is 0 Å². The minimum atomic E-state index is -1.78. The molecule has 2 heterocycles. The van der Waals surface area contributed by atoms with E-state index >= 15 is 0 Å². The fourth-order valence-corrected chi connectivity index (χ4v) is 5.52. The lowest BCUT2D eigenvalue weighted by Gasteiger charge is -2.42. The van der Waals surface area contributed by atoms with Crippen LogP contribution in [0.5, 0.6) is 0 Å². The van der Waals surface area contributed by atoms with Crippen molar-refractivity contribution in [1.82, 2.24) is 0 Å². The lowest BCUT2D eigenvalue weighted by Crippen LogP contribution is -2.61. The number of rotatable bonds is 26. The molecule has 7 N–H and O–H groups in total. The van der Waals surface area contributed by atoms with E-state index < -0.39 is 99.3 Å². The van der Waals surface area contributed by atoms with Crippen molar-refractivity contribution in [3.63, 3.8) is 0 Å². The number of carbonyl (C=O) groups is 2. The fourth-order valence-electron chi connectivity index (χ4n) is 5.52. The predicted octanol–water partition coefficient (Wildman–Crippen LogP) is 2.19. The molecule has 0 spiro atoms. The van der Waals surface area contributed by atoms with Gasteiger partial charge in [-0.05, 0) is 38.5 Å². The van der Waals surface area contributed by atoms with Crippen molar-refractivity contribution < 1.29 is 73.8 Å². The van der Waals surface area contributed by atoms with E-state index in [1.807, 2.05) is 18.2 Å². The molecular weight excluding hydrogens is 720 g/mol. The minimum Gasteiger partial charge on any atom is -0.462 e. The first-order valence-corrected chi connectivity index (χ1v) is 19.4. The second-order valence-corrected chi connectivity index (χ2v) is 13.4. The Morgan fingerprint density at radius 2 is 1.13 bits per heavy atom. The second-order valence-electron chi connectivity index (χ2n) is 13.4. The third kappa shape index (κ3) is 18.8. The van der Waals surface area contributed by atoms with Crippen LogP contribution in [0.1, 0.15) is 84.5 Å². The summed E-state index contributed by atoms with van der Waals surface area (Å²) in [6.45, 7) is 2.16. The molecule has 0 amide bonds. The Balaban J connectivity index is 1.92. The number of aliphatic hydroxyl groups is 7. The number of hydrogen-bond donors (Lipinski definition) is 7. The van der Waals surface area contributed by atoms with Gasteiger partial charge in [-0.15, -0.1) is 0 Å². The first kappa shape index (κ1) is 48.3. The van der Waals surface area contributed by atoms with E-state index in [2.05, 4.69) is 50.3 Å². The van der Waals surface area contributed by atoms with Crippen LogP contribution in [0.4, 0.5) is 0 Å². The van der Waals surface area contributed by atoms with Gasteiger partial charge in [-0.25, -0.2) is 0 Å². The van der Waals surface area contributed by atoms with Crippen LogP contribution in [0.15, 0.2) is 60.8 Å². The number of unbranched alkanes of at least 4 members (excludes halogenated alkanes) is 3. The van der Waals surface area contributed by atoms with Crippen LogP contribution in [0.3, 0.4) is 0 Å². The third-order valence-electron chi connectivity index (χ3n) is 8.79. The predicted molar refractivity (Wildman–Crippen MR) is 201 cm³/mol. The molecule has 55 heavy (non-hydrogen) atoms. The van der Waals surface area contributed by atoms with Crippen molar-refractivity contribution in [1.29, 1.82) is 0 Å². The van der Waals surface area contributed by atoms with E-state index in [9.17, 15) is 45.3 Å². The average Bonchev–Trinajstić information content (AvgIpc) is 3.18. The van der Waals surface area contributed by atoms with Gasteiger partial charge in [0.1, 0.15) is 55.4 Å². The van der Waals surface area contributed by atoms with E-state index in [1.165, 1.54) is 0 Å². The normalized spacial score (nSPS) is 29.6. The Kier molecular flexibility index (Phi) is 25.1. The maximum atomic E-state index is 12.7. The van der Waals surface area contributed by atoms with E-state index in [-0.39, 0.29) is 19.4 Å². The van der Waals surface area contributed by atoms with Crippen molar-refractivity contribution in [2.75, 3.05) is 26.4 Å². The molecule has 2 rings (SSSR count). The first-order chi connectivity index (χ1) is 26.5. The van der Waals surface area contributed by atoms with Gasteiger partial charge in [0.15, 0.2) is 18.7 Å². The number of aliphatic hydroxyl groups excluding tert-OH is 7. The molecule has 0 bridgehead atoms. The van der Waals surface area contributed by atoms with Gasteiger partial charge >= 0.3 is 11.9 Å². The maximum absolute atomic E-state index is 12.7. The summed E-state index contributed by atoms with van der Waals surface area (Å²) in [5.74, 6) is -1.10. The molecule has 2 aliphatic heterocycles. The van der Waals surface area contributed by atoms with Crippen LogP contribution >= 0.6 is 0 Å². The molecule has 0 radical (unpaired) electrons. The van der Waals surface area contributed by atoms with Crippen molar-refractivity contribution in [2.45, 2.75) is 152 Å². The molecule has 2 fully saturated rings. The lowest BCUT2D eigenvalue weighted by atomic mass is 9.98. The smallest absolute Gasteiger partial charge is 0.310 e. The summed E-state index contributed by atoms with van der Waals surface area (Å²) in [6, 6.07) is 0. The van der Waals surface area contributed by atoms with Gasteiger partial charge < -0.3 is 64.2 Å². The molecule has 0 aromatic heterocycles. The molecule has 15 nitrogen and oxygen atoms in total. The molecule has 2 aliphatic rings. The standard InChI is InChI=1S/C40H64O15/c1-3-5-7-9-10-11-12-13-14-15-16-17-18-19-21-23-32(43)53-28(25-50-31(42)22-20-8-6-4-2)26-51-39-38(49)36(47)34(45)30(55-39)27-52-40-37(48)35(46)33(44)29(24-41)54-40/h5,7,10-11,13-14,16-17,19,21,28-30,33-41,44-49H,3-4,6,8-9,12,15,18,20,22-27H2,1-2H3/b7-5-,11-10-,14-13-,17-16-,21-19-. The molecular formula is C40H64O15. The number of carbonyl (C=O) groups excluding carboxylic acids is 2. The molecule has 0 aromatic rings. The summed E-state index contributed by atoms with van der Waals surface area (Å²) in [4.78, 5) is 25.1. The summed E-state index contributed by atoms with van der Waals surface area (Å²) in [5.41, 5.74) is 0. The highest BCUT2D eigenvalue weighted by atomic mass is 16.7. The van der Waals surface area contributed by atoms with Crippen LogP contribution in [0.2, 0.25) is 0 Å². The Bertz CT molecular complexity index is 1200. The van der Waals surface area contributed by atoms with Crippen LogP contribution < -0.4 is 0 Å². The maximum Gasteiger partial charge on any atom is 0.310 e. The van der Waals surface area contributed by atoms with Crippen molar-refractivity contribution in [3.05, 3.63) is 60.8 Å². The van der Waals surface area contributed by atoms with Gasteiger partial charge in [0.05, 0.1) is 26.2 Å². The van der Waals surface area contributed by atoms with E-state index in [0.29, 0.717) is 12.8 Å². The summed E-state index contributed by atoms with van der Waals surface area (Å²) in [7, 11) is 0. The zero-order valence-electron chi connectivity index (χ0n) is 32.1. The quantitative estimate of drug-likeness (QED) is 0.0379. The minimum absolute atomic E-state index is 0.0696. The zero-order valence-corrected chi connectivity index (χ0v) is 32.1. The Labute approximate surface area is 324 Å². The average molecular weight is 785 g/mol. The molecule has 0 aliphatic carbocycles. The second kappa shape index (κ2) is 28.6. The van der Waals surface area contributed by atoms with Crippen LogP contribution in [-0.4, -0.2) is 142 Å². The van der Waals surface area contributed by atoms with E-state index in [0.717, 1.165) is 44.9 Å². The van der Waals surface area contributed by atoms with Gasteiger partial charge in [-0.3, -0.25) is 9.59 Å². The van der Waals surface area contributed by atoms with Gasteiger partial charge in [-0.1, -0.05) is 93.9 Å². The molecule has 11 atom stereocenters. The molecule has 11 unspecified atom stereocenters. The van der Waals surface area contributed by atoms with Crippen molar-refractivity contribution in [2.24, 2.45) is 0 Å². The SMILES string of the molecule is CC/C=C\C/C=C\C/C=C\C/C=C\C/C=C\CC(=O)OC(COC(=O)CCCCCC)COC1OC(COC2OC(CO)C(O)C(O)C2O)C(O)C(O)C1O. The Morgan fingerprint density at radius 3 is 1.69 bits per heavy atom. The van der Waals surface area contributed by atoms with Gasteiger partial charge in [0.2, 0.25) is 0 Å². The summed E-state index contributed by atoms with van der Waals surface area (Å²) in [6.07, 6.45) is 11.0. The summed E-state index contributed by atoms with van der Waals surface area (Å²) in [5, 5.41) is 71.4. The topological polar surface area (TPSA) is 231 Å². The highest BCUT2D eigenvalue weighted by Crippen LogP contribution is 2.26. The third-order valence-corrected chi connectivity index (χ3v) is 8.79. The van der Waals surface area contributed by atoms with E-state index in [4.69, 9.17) is 28.4 Å². The summed E-state index contributed by atoms with van der Waals surface area (Å²) < 4.78 is 32.9. The van der Waals surface area contributed by atoms with E-state index in [1.54, 1.807) is 6.08 Å². The first-order valence-electron chi connectivity index (χ1n) is 19.4. The number of hydrogen-bond acceptors (Lipinski definition) is 15. The molecule has 15 heteroatoms. The summed E-state index contributed by atoms with van der Waals surface area (Å²) >= 11 is 0. The van der Waals surface area contributed by atoms with Crippen LogP contribution in [-0.2, 0) is 38.0 Å². The van der Waals surface area contributed by atoms with Gasteiger partial charge in [0, 0.05) is 6.42 Å². The Hall–Kier alpha value is -2.80. The largest absolute Gasteiger partial charge is 0.462 e. The Morgan fingerprint density at radius 1 is 0.600 bits per heavy atom. The number of esters is 2. The molecule has 314 valence electrons. The lowest BCUT2D eigenvalue weighted by molar-refractivity contribution is -0.332. The molecule has 0 saturated carbocycles. The monoisotopic (exact) mass is 784 g/mol. The highest BCUT2D eigenvalue weighted by molar-refractivity contribution is 5.71. The van der Waals surface area contributed by atoms with Crippen LogP contribution in [0, 0.1) is 0 Å². The van der Waals surface area contributed by atoms with Crippen molar-refractivity contribution in [3.8, 4) is 0 Å². The van der Waals surface area contributed by atoms with Gasteiger partial charge in [0.25, 0.3) is 0 Å². The fraction of sp³-hybridized carbons (Fsp3) is 0.700. The zero-order chi connectivity index (χ0) is 40.4. The van der Waals surface area contributed by atoms with Crippen molar-refractivity contribution >= 4 is 11.9 Å². The van der Waals surface area contributed by atoms with Crippen LogP contribution in [0.25, 0.3) is 0 Å². The molecule has 0 aromatic carbocycles. The number of allylic oxidation sites excluding steroid dienone is 9. The molecule has 2 saturated heterocycles. The number of ether oxygens (including phenoxy) is 6.